The fourth-order valence-corrected chi connectivity index (χ4v) is 11.4. The molecule has 9 atom stereocenters. The van der Waals surface area contributed by atoms with E-state index in [0.29, 0.717) is 67.9 Å². The normalized spacial score (nSPS) is 41.5. The highest BCUT2D eigenvalue weighted by Gasteiger charge is 2.60. The minimum Gasteiger partial charge on any atom is -0.481 e. The van der Waals surface area contributed by atoms with Gasteiger partial charge in [0.15, 0.2) is 5.78 Å². The quantitative estimate of drug-likeness (QED) is 0.224. The molecule has 0 radical (unpaired) electrons. The third kappa shape index (κ3) is 5.49. The number of Topliss-reactive ketones (excluding diaryl/α,β-unsaturated/α-hetero) is 1. The summed E-state index contributed by atoms with van der Waals surface area (Å²) < 4.78 is 0. The van der Waals surface area contributed by atoms with Crippen LogP contribution in [-0.4, -0.2) is 34.2 Å². The van der Waals surface area contributed by atoms with Crippen molar-refractivity contribution in [1.82, 2.24) is 0 Å². The first-order valence-electron chi connectivity index (χ1n) is 17.8. The molecule has 3 saturated carbocycles. The Kier molecular flexibility index (Phi) is 9.54. The minimum atomic E-state index is -1.24. The molecule has 5 rings (SSSR count). The van der Waals surface area contributed by atoms with Gasteiger partial charge in [-0.15, -0.1) is 0 Å². The van der Waals surface area contributed by atoms with Gasteiger partial charge in [0.1, 0.15) is 6.29 Å². The molecule has 252 valence electrons. The number of carbonyl (C=O) groups is 4. The number of aldehydes is 1. The van der Waals surface area contributed by atoms with E-state index in [9.17, 15) is 29.4 Å². The van der Waals surface area contributed by atoms with Gasteiger partial charge in [-0.3, -0.25) is 19.2 Å². The largest absolute Gasteiger partial charge is 0.481 e. The first kappa shape index (κ1) is 34.6. The first-order chi connectivity index (χ1) is 21.6. The molecule has 0 heterocycles. The van der Waals surface area contributed by atoms with E-state index in [1.807, 2.05) is 13.8 Å². The van der Waals surface area contributed by atoms with Gasteiger partial charge >= 0.3 is 11.9 Å². The molecular formula is C40H56O6. The van der Waals surface area contributed by atoms with Crippen LogP contribution in [0.2, 0.25) is 0 Å². The van der Waals surface area contributed by atoms with Crippen LogP contribution in [-0.2, 0) is 19.2 Å². The second-order valence-corrected chi connectivity index (χ2v) is 16.5. The van der Waals surface area contributed by atoms with Crippen molar-refractivity contribution >= 4 is 24.0 Å². The van der Waals surface area contributed by atoms with Crippen molar-refractivity contribution in [2.75, 3.05) is 0 Å². The van der Waals surface area contributed by atoms with Gasteiger partial charge in [-0.05, 0) is 148 Å². The summed E-state index contributed by atoms with van der Waals surface area (Å²) in [7, 11) is 0. The summed E-state index contributed by atoms with van der Waals surface area (Å²) in [6.07, 6.45) is 11.4. The Morgan fingerprint density at radius 1 is 0.978 bits per heavy atom. The van der Waals surface area contributed by atoms with Gasteiger partial charge in [-0.2, -0.15) is 0 Å². The molecule has 0 aromatic heterocycles. The van der Waals surface area contributed by atoms with Crippen molar-refractivity contribution in [2.24, 2.45) is 57.7 Å². The zero-order chi connectivity index (χ0) is 33.8. The molecule has 0 spiro atoms. The van der Waals surface area contributed by atoms with Crippen LogP contribution in [0.4, 0.5) is 0 Å². The zero-order valence-corrected chi connectivity index (χ0v) is 28.8. The number of rotatable bonds is 6. The number of allylic oxidation sites excluding steroid dienone is 5. The van der Waals surface area contributed by atoms with Crippen LogP contribution in [0.25, 0.3) is 0 Å². The third-order valence-corrected chi connectivity index (χ3v) is 14.2. The van der Waals surface area contributed by atoms with Crippen LogP contribution in [0, 0.1) is 57.7 Å². The van der Waals surface area contributed by atoms with E-state index >= 15 is 0 Å². The topological polar surface area (TPSA) is 109 Å². The molecule has 0 aliphatic heterocycles. The second-order valence-electron chi connectivity index (χ2n) is 16.5. The fraction of sp³-hybridized carbons (Fsp3) is 0.700. The number of carboxylic acids is 2. The standard InChI is InChI=1S/C40H56O6/c1-23(2)29-13-9-24(3)30-15-18-40(37(45)46)28(12-11-27(22-41)19-31(29)30)20-34(42)26(5)33(40)21-32-25(4)10-14-35-38(32,6)16-8-17-39(35,7)36(43)44/h19,22-23,28-32,35H,3-4,8-18,20-21H2,1-2,5-7H3,(H,43,44)(H,45,46)/b27-19+/t28-,29+,30+,31+,32-,35+,38+,39+,40+/m1/s1. The van der Waals surface area contributed by atoms with Crippen molar-refractivity contribution < 1.29 is 29.4 Å². The van der Waals surface area contributed by atoms with Crippen LogP contribution in [0.3, 0.4) is 0 Å². The smallest absolute Gasteiger partial charge is 0.314 e. The van der Waals surface area contributed by atoms with Gasteiger partial charge in [0, 0.05) is 6.42 Å². The summed E-state index contributed by atoms with van der Waals surface area (Å²) in [5.74, 6) is -1.20. The SMILES string of the molecule is C=C1CC[C@H]2[C@@](C)(CCC[C@]2(C)C(=O)O)[C@@H]1CC1=C(C)C(=O)C[C@H]2CC/C(C=O)=C\[C@@H]3[C@@H](CC[C@@]12C(=O)O)C(=C)CC[C@H]3C(C)C. The summed E-state index contributed by atoms with van der Waals surface area (Å²) >= 11 is 0. The van der Waals surface area contributed by atoms with Gasteiger partial charge in [-0.25, -0.2) is 0 Å². The lowest BCUT2D eigenvalue weighted by Gasteiger charge is -2.58. The van der Waals surface area contributed by atoms with E-state index in [4.69, 9.17) is 0 Å². The molecule has 0 amide bonds. The number of hydrogen-bond acceptors (Lipinski definition) is 4. The number of hydrogen-bond donors (Lipinski definition) is 2. The Labute approximate surface area is 275 Å². The molecular weight excluding hydrogens is 576 g/mol. The maximum atomic E-state index is 13.9. The van der Waals surface area contributed by atoms with Gasteiger partial charge in [0.05, 0.1) is 10.8 Å². The van der Waals surface area contributed by atoms with E-state index < -0.39 is 28.7 Å². The maximum Gasteiger partial charge on any atom is 0.314 e. The van der Waals surface area contributed by atoms with Crippen molar-refractivity contribution in [2.45, 2.75) is 118 Å². The Morgan fingerprint density at radius 2 is 1.67 bits per heavy atom. The molecule has 3 fully saturated rings. The third-order valence-electron chi connectivity index (χ3n) is 14.2. The zero-order valence-electron chi connectivity index (χ0n) is 28.8. The number of carbonyl (C=O) groups excluding carboxylic acids is 2. The van der Waals surface area contributed by atoms with Gasteiger partial charge in [0.2, 0.25) is 0 Å². The van der Waals surface area contributed by atoms with Crippen LogP contribution in [0.1, 0.15) is 118 Å². The Morgan fingerprint density at radius 3 is 2.30 bits per heavy atom. The van der Waals surface area contributed by atoms with Crippen molar-refractivity contribution in [3.05, 3.63) is 47.1 Å². The van der Waals surface area contributed by atoms with Gasteiger partial charge < -0.3 is 10.2 Å². The van der Waals surface area contributed by atoms with Crippen LogP contribution in [0.5, 0.6) is 0 Å². The van der Waals surface area contributed by atoms with E-state index in [1.54, 1.807) is 0 Å². The van der Waals surface area contributed by atoms with E-state index in [2.05, 4.69) is 40.0 Å². The maximum absolute atomic E-state index is 13.9. The monoisotopic (exact) mass is 632 g/mol. The highest BCUT2D eigenvalue weighted by molar-refractivity contribution is 6.00. The fourth-order valence-electron chi connectivity index (χ4n) is 11.4. The van der Waals surface area contributed by atoms with Crippen molar-refractivity contribution in [3.63, 3.8) is 0 Å². The lowest BCUT2D eigenvalue weighted by atomic mass is 9.45. The average Bonchev–Trinajstić information content (AvgIpc) is 2.98. The average molecular weight is 633 g/mol. The summed E-state index contributed by atoms with van der Waals surface area (Å²) in [5, 5.41) is 21.8. The Hall–Kier alpha value is -2.76. The van der Waals surface area contributed by atoms with Gasteiger partial charge in [-0.1, -0.05) is 57.6 Å². The predicted molar refractivity (Wildman–Crippen MR) is 180 cm³/mol. The van der Waals surface area contributed by atoms with Crippen LogP contribution < -0.4 is 0 Å². The van der Waals surface area contributed by atoms with E-state index in [-0.39, 0.29) is 41.3 Å². The predicted octanol–water partition coefficient (Wildman–Crippen LogP) is 8.77. The molecule has 6 nitrogen and oxygen atoms in total. The van der Waals surface area contributed by atoms with E-state index in [1.165, 1.54) is 0 Å². The number of fused-ring (bicyclic) bond motifs is 3. The molecule has 0 aromatic rings. The highest BCUT2D eigenvalue weighted by atomic mass is 16.4. The number of ketones is 1. The van der Waals surface area contributed by atoms with Gasteiger partial charge in [0.25, 0.3) is 0 Å². The molecule has 0 aromatic carbocycles. The van der Waals surface area contributed by atoms with Crippen molar-refractivity contribution in [3.8, 4) is 0 Å². The van der Waals surface area contributed by atoms with Crippen LogP contribution >= 0.6 is 0 Å². The molecule has 0 unspecified atom stereocenters. The highest BCUT2D eigenvalue weighted by Crippen LogP contribution is 2.64. The minimum absolute atomic E-state index is 0.00691. The molecule has 5 aliphatic carbocycles. The summed E-state index contributed by atoms with van der Waals surface area (Å²) in [6.45, 7) is 19.4. The first-order valence-corrected chi connectivity index (χ1v) is 17.8. The molecule has 6 heteroatoms. The molecule has 0 bridgehead atoms. The number of carboxylic acid groups (broad SMARTS) is 2. The lowest BCUT2D eigenvalue weighted by Crippen LogP contribution is -2.54. The summed E-state index contributed by atoms with van der Waals surface area (Å²) in [4.78, 5) is 52.8. The molecule has 46 heavy (non-hydrogen) atoms. The summed E-state index contributed by atoms with van der Waals surface area (Å²) in [6, 6.07) is 0. The van der Waals surface area contributed by atoms with Crippen LogP contribution in [0.15, 0.2) is 47.1 Å². The van der Waals surface area contributed by atoms with Crippen molar-refractivity contribution in [1.29, 1.82) is 0 Å². The molecule has 0 saturated heterocycles. The Balaban J connectivity index is 1.62. The molecule has 5 aliphatic rings. The second kappa shape index (κ2) is 12.7. The summed E-state index contributed by atoms with van der Waals surface area (Å²) in [5.41, 5.74) is 1.75. The van der Waals surface area contributed by atoms with E-state index in [0.717, 1.165) is 55.1 Å². The Bertz CT molecular complexity index is 1380. The number of aliphatic carboxylic acids is 2. The lowest BCUT2D eigenvalue weighted by molar-refractivity contribution is -0.164. The molecule has 2 N–H and O–H groups in total.